The number of hydrogen-bond acceptors (Lipinski definition) is 5. The molecule has 3 amide bonds. The summed E-state index contributed by atoms with van der Waals surface area (Å²) in [6.45, 7) is 0. The van der Waals surface area contributed by atoms with Crippen LogP contribution in [-0.2, 0) is 9.59 Å². The molecule has 2 rings (SSSR count). The summed E-state index contributed by atoms with van der Waals surface area (Å²) in [6.07, 6.45) is -0.592. The van der Waals surface area contributed by atoms with Gasteiger partial charge < -0.3 is 16.2 Å². The second-order valence-electron chi connectivity index (χ2n) is 4.81. The second-order valence-corrected chi connectivity index (χ2v) is 4.81. The lowest BCUT2D eigenvalue weighted by molar-refractivity contribution is -0.137. The minimum Gasteiger partial charge on any atom is -0.481 e. The Labute approximate surface area is 125 Å². The van der Waals surface area contributed by atoms with Crippen molar-refractivity contribution < 1.29 is 24.3 Å². The zero-order chi connectivity index (χ0) is 16.4. The Morgan fingerprint density at radius 1 is 1.32 bits per heavy atom. The maximum Gasteiger partial charge on any atom is 0.303 e. The predicted molar refractivity (Wildman–Crippen MR) is 76.3 cm³/mol. The van der Waals surface area contributed by atoms with Gasteiger partial charge in [0.05, 0.1) is 11.1 Å². The zero-order valence-electron chi connectivity index (χ0n) is 11.8. The van der Waals surface area contributed by atoms with E-state index < -0.39 is 29.7 Å². The van der Waals surface area contributed by atoms with Gasteiger partial charge in [0.15, 0.2) is 0 Å². The van der Waals surface area contributed by atoms with E-state index in [1.165, 1.54) is 6.07 Å². The number of fused-ring (bicyclic) bond motifs is 1. The number of nitrogens with one attached hydrogen (secondary N) is 1. The van der Waals surface area contributed by atoms with Crippen molar-refractivity contribution in [2.75, 3.05) is 12.4 Å². The summed E-state index contributed by atoms with van der Waals surface area (Å²) in [5, 5.41) is 11.5. The topological polar surface area (TPSA) is 130 Å². The molecule has 4 N–H and O–H groups in total. The highest BCUT2D eigenvalue weighted by Crippen LogP contribution is 2.31. The molecule has 1 atom stereocenters. The van der Waals surface area contributed by atoms with Gasteiger partial charge in [-0.1, -0.05) is 6.07 Å². The molecule has 0 fully saturated rings. The summed E-state index contributed by atoms with van der Waals surface area (Å²) in [7, 11) is 1.60. The van der Waals surface area contributed by atoms with Gasteiger partial charge in [-0.3, -0.25) is 24.1 Å². The number of carboxylic acids is 1. The molecule has 0 bridgehead atoms. The molecule has 0 saturated heterocycles. The van der Waals surface area contributed by atoms with Gasteiger partial charge in [-0.15, -0.1) is 0 Å². The molecule has 22 heavy (non-hydrogen) atoms. The first-order chi connectivity index (χ1) is 10.4. The molecule has 1 aliphatic heterocycles. The lowest BCUT2D eigenvalue weighted by Gasteiger charge is -2.22. The molecular weight excluding hydrogens is 290 g/mol. The number of amides is 3. The van der Waals surface area contributed by atoms with Crippen molar-refractivity contribution in [2.24, 2.45) is 5.73 Å². The highest BCUT2D eigenvalue weighted by molar-refractivity contribution is 6.25. The molecule has 0 aliphatic carbocycles. The number of nitrogens with two attached hydrogens (primary N) is 1. The SMILES string of the molecule is CNc1cccc2c1C(=O)N(C(CCC(=O)O)C(N)=O)C2=O. The molecule has 1 heterocycles. The fourth-order valence-electron chi connectivity index (χ4n) is 2.45. The third-order valence-corrected chi connectivity index (χ3v) is 3.49. The van der Waals surface area contributed by atoms with Gasteiger partial charge in [0, 0.05) is 19.2 Å². The summed E-state index contributed by atoms with van der Waals surface area (Å²) < 4.78 is 0. The van der Waals surface area contributed by atoms with Crippen LogP contribution in [0.2, 0.25) is 0 Å². The first-order valence-electron chi connectivity index (χ1n) is 6.58. The van der Waals surface area contributed by atoms with Gasteiger partial charge >= 0.3 is 5.97 Å². The second kappa shape index (κ2) is 5.84. The Balaban J connectivity index is 2.41. The summed E-state index contributed by atoms with van der Waals surface area (Å²) in [5.74, 6) is -3.36. The van der Waals surface area contributed by atoms with E-state index in [-0.39, 0.29) is 24.0 Å². The largest absolute Gasteiger partial charge is 0.481 e. The van der Waals surface area contributed by atoms with Crippen LogP contribution >= 0.6 is 0 Å². The maximum absolute atomic E-state index is 12.5. The number of carboxylic acid groups (broad SMARTS) is 1. The fourth-order valence-corrected chi connectivity index (χ4v) is 2.45. The normalized spacial score (nSPS) is 14.7. The number of nitrogens with zero attached hydrogens (tertiary/aromatic N) is 1. The van der Waals surface area contributed by atoms with Crippen LogP contribution in [0.5, 0.6) is 0 Å². The van der Waals surface area contributed by atoms with E-state index in [2.05, 4.69) is 5.32 Å². The summed E-state index contributed by atoms with van der Waals surface area (Å²) in [6, 6.07) is 3.43. The lowest BCUT2D eigenvalue weighted by Crippen LogP contribution is -2.48. The molecule has 0 spiro atoms. The Morgan fingerprint density at radius 2 is 2.00 bits per heavy atom. The molecule has 1 unspecified atom stereocenters. The summed E-state index contributed by atoms with van der Waals surface area (Å²) in [5.41, 5.74) is 6.03. The van der Waals surface area contributed by atoms with E-state index in [4.69, 9.17) is 10.8 Å². The van der Waals surface area contributed by atoms with Gasteiger partial charge in [0.25, 0.3) is 11.8 Å². The Hall–Kier alpha value is -2.90. The van der Waals surface area contributed by atoms with Gasteiger partial charge in [-0.25, -0.2) is 0 Å². The smallest absolute Gasteiger partial charge is 0.303 e. The van der Waals surface area contributed by atoms with E-state index in [1.54, 1.807) is 19.2 Å². The average molecular weight is 305 g/mol. The minimum absolute atomic E-state index is 0.163. The molecule has 0 saturated carbocycles. The van der Waals surface area contributed by atoms with Crippen LogP contribution in [0.4, 0.5) is 5.69 Å². The molecule has 1 aliphatic rings. The Morgan fingerprint density at radius 3 is 2.55 bits per heavy atom. The number of aliphatic carboxylic acids is 1. The van der Waals surface area contributed by atoms with Crippen LogP contribution < -0.4 is 11.1 Å². The highest BCUT2D eigenvalue weighted by atomic mass is 16.4. The van der Waals surface area contributed by atoms with Crippen LogP contribution in [0.3, 0.4) is 0 Å². The van der Waals surface area contributed by atoms with E-state index in [0.717, 1.165) is 4.90 Å². The number of carbonyl (C=O) groups is 4. The van der Waals surface area contributed by atoms with Crippen LogP contribution in [0.1, 0.15) is 33.6 Å². The highest BCUT2D eigenvalue weighted by Gasteiger charge is 2.43. The number of imide groups is 1. The van der Waals surface area contributed by atoms with Crippen molar-refractivity contribution in [2.45, 2.75) is 18.9 Å². The van der Waals surface area contributed by atoms with Gasteiger partial charge in [0.2, 0.25) is 5.91 Å². The Kier molecular flexibility index (Phi) is 4.11. The van der Waals surface area contributed by atoms with Crippen molar-refractivity contribution in [3.8, 4) is 0 Å². The predicted octanol–water partition coefficient (Wildman–Crippen LogP) is 0.0430. The first-order valence-corrected chi connectivity index (χ1v) is 6.58. The molecule has 0 aromatic heterocycles. The van der Waals surface area contributed by atoms with Gasteiger partial charge in [-0.2, -0.15) is 0 Å². The number of hydrogen-bond donors (Lipinski definition) is 3. The van der Waals surface area contributed by atoms with E-state index in [0.29, 0.717) is 5.69 Å². The van der Waals surface area contributed by atoms with Crippen LogP contribution in [-0.4, -0.2) is 46.8 Å². The van der Waals surface area contributed by atoms with Crippen LogP contribution in [0, 0.1) is 0 Å². The van der Waals surface area contributed by atoms with E-state index >= 15 is 0 Å². The van der Waals surface area contributed by atoms with Crippen molar-refractivity contribution in [3.63, 3.8) is 0 Å². The molecular formula is C14H15N3O5. The number of rotatable bonds is 6. The average Bonchev–Trinajstić information content (AvgIpc) is 2.72. The van der Waals surface area contributed by atoms with E-state index in [9.17, 15) is 19.2 Å². The summed E-state index contributed by atoms with van der Waals surface area (Å²) in [4.78, 5) is 47.9. The monoisotopic (exact) mass is 305 g/mol. The first kappa shape index (κ1) is 15.5. The Bertz CT molecular complexity index is 670. The van der Waals surface area contributed by atoms with Crippen molar-refractivity contribution >= 4 is 29.4 Å². The number of benzene rings is 1. The number of anilines is 1. The maximum atomic E-state index is 12.5. The van der Waals surface area contributed by atoms with Crippen LogP contribution in [0.15, 0.2) is 18.2 Å². The molecule has 8 heteroatoms. The van der Waals surface area contributed by atoms with Crippen molar-refractivity contribution in [3.05, 3.63) is 29.3 Å². The number of primary amides is 1. The molecule has 1 aromatic carbocycles. The minimum atomic E-state index is -1.28. The number of carbonyl (C=O) groups excluding carboxylic acids is 3. The molecule has 8 nitrogen and oxygen atoms in total. The molecule has 0 radical (unpaired) electrons. The fraction of sp³-hybridized carbons (Fsp3) is 0.286. The third kappa shape index (κ3) is 2.50. The third-order valence-electron chi connectivity index (χ3n) is 3.49. The molecule has 116 valence electrons. The van der Waals surface area contributed by atoms with Crippen molar-refractivity contribution in [1.82, 2.24) is 4.90 Å². The van der Waals surface area contributed by atoms with Crippen LogP contribution in [0.25, 0.3) is 0 Å². The standard InChI is InChI=1S/C14H15N3O5/c1-16-8-4-2-3-7-11(8)14(22)17(13(7)21)9(12(15)20)5-6-10(18)19/h2-4,9,16H,5-6H2,1H3,(H2,15,20)(H,18,19). The van der Waals surface area contributed by atoms with Gasteiger partial charge in [-0.05, 0) is 18.6 Å². The summed E-state index contributed by atoms with van der Waals surface area (Å²) >= 11 is 0. The van der Waals surface area contributed by atoms with E-state index in [1.807, 2.05) is 0 Å². The molecule has 1 aromatic rings. The van der Waals surface area contributed by atoms with Crippen molar-refractivity contribution in [1.29, 1.82) is 0 Å². The quantitative estimate of drug-likeness (QED) is 0.636. The zero-order valence-corrected chi connectivity index (χ0v) is 11.8. The lowest BCUT2D eigenvalue weighted by atomic mass is 10.1. The van der Waals surface area contributed by atoms with Gasteiger partial charge in [0.1, 0.15) is 6.04 Å².